The normalized spacial score (nSPS) is 12.8. The van der Waals surface area contributed by atoms with Crippen molar-refractivity contribution in [3.05, 3.63) is 289 Å². The van der Waals surface area contributed by atoms with Crippen LogP contribution < -0.4 is 4.90 Å². The maximum Gasteiger partial charge on any atom is 0.0725 e. The highest BCUT2D eigenvalue weighted by Crippen LogP contribution is 2.63. The summed E-state index contributed by atoms with van der Waals surface area (Å²) in [5.41, 5.74) is 23.8. The summed E-state index contributed by atoms with van der Waals surface area (Å²) in [5.74, 6) is 0. The smallest absolute Gasteiger partial charge is 0.0725 e. The SMILES string of the molecule is c1ccc(-c2ccccc2-c2c(-c3ccccc3)cccc2N(c2cccc(-n3c4ccccc4c4ccccc43)c2)c2ccc3c(c2)-c2ccccc2C32c3ccccc3-c3ccccc32)cc1. The number of hydrogen-bond donors (Lipinski definition) is 0. The number of benzene rings is 11. The van der Waals surface area contributed by atoms with Gasteiger partial charge in [-0.3, -0.25) is 0 Å². The fourth-order valence-electron chi connectivity index (χ4n) is 12.1. The van der Waals surface area contributed by atoms with E-state index >= 15 is 0 Å². The van der Waals surface area contributed by atoms with Gasteiger partial charge in [0, 0.05) is 33.4 Å². The molecule has 2 heteroatoms. The van der Waals surface area contributed by atoms with Crippen molar-refractivity contribution in [2.45, 2.75) is 5.41 Å². The Labute approximate surface area is 402 Å². The number of anilines is 3. The third kappa shape index (κ3) is 5.79. The molecule has 0 unspecified atom stereocenters. The summed E-state index contributed by atoms with van der Waals surface area (Å²) >= 11 is 0. The van der Waals surface area contributed by atoms with Crippen molar-refractivity contribution in [2.24, 2.45) is 0 Å². The molecule has 2 aliphatic carbocycles. The van der Waals surface area contributed by atoms with Crippen LogP contribution in [0.15, 0.2) is 267 Å². The Bertz CT molecular complexity index is 3870. The zero-order chi connectivity index (χ0) is 45.5. The lowest BCUT2D eigenvalue weighted by Gasteiger charge is -2.32. The molecule has 69 heavy (non-hydrogen) atoms. The van der Waals surface area contributed by atoms with E-state index in [1.807, 2.05) is 0 Å². The minimum atomic E-state index is -0.439. The molecule has 14 rings (SSSR count). The van der Waals surface area contributed by atoms with Crippen LogP contribution in [0.4, 0.5) is 17.1 Å². The largest absolute Gasteiger partial charge is 0.310 e. The molecular formula is C67H44N2. The van der Waals surface area contributed by atoms with Gasteiger partial charge in [-0.15, -0.1) is 0 Å². The summed E-state index contributed by atoms with van der Waals surface area (Å²) in [6.07, 6.45) is 0. The Morgan fingerprint density at radius 3 is 1.36 bits per heavy atom. The van der Waals surface area contributed by atoms with Crippen molar-refractivity contribution in [2.75, 3.05) is 4.90 Å². The van der Waals surface area contributed by atoms with Gasteiger partial charge in [0.15, 0.2) is 0 Å². The minimum absolute atomic E-state index is 0.439. The fraction of sp³-hybridized carbons (Fsp3) is 0.0149. The van der Waals surface area contributed by atoms with E-state index < -0.39 is 5.41 Å². The highest BCUT2D eigenvalue weighted by atomic mass is 15.1. The Kier molecular flexibility index (Phi) is 8.84. The second-order valence-electron chi connectivity index (χ2n) is 18.3. The predicted octanol–water partition coefficient (Wildman–Crippen LogP) is 17.6. The molecule has 0 saturated heterocycles. The first-order valence-corrected chi connectivity index (χ1v) is 23.9. The molecule has 322 valence electrons. The quantitative estimate of drug-likeness (QED) is 0.155. The Morgan fingerprint density at radius 1 is 0.290 bits per heavy atom. The van der Waals surface area contributed by atoms with E-state index in [1.165, 1.54) is 99.7 Å². The molecule has 1 aromatic heterocycles. The van der Waals surface area contributed by atoms with Gasteiger partial charge in [0.25, 0.3) is 0 Å². The van der Waals surface area contributed by atoms with Gasteiger partial charge in [0.1, 0.15) is 0 Å². The van der Waals surface area contributed by atoms with E-state index in [9.17, 15) is 0 Å². The Balaban J connectivity index is 1.07. The van der Waals surface area contributed by atoms with Crippen LogP contribution in [0.2, 0.25) is 0 Å². The molecular weight excluding hydrogens is 833 g/mol. The second-order valence-corrected chi connectivity index (χ2v) is 18.3. The number of para-hydroxylation sites is 2. The first-order valence-electron chi connectivity index (χ1n) is 23.9. The van der Waals surface area contributed by atoms with Crippen molar-refractivity contribution >= 4 is 38.9 Å². The Morgan fingerprint density at radius 2 is 0.739 bits per heavy atom. The third-order valence-electron chi connectivity index (χ3n) is 14.8. The average molecular weight is 877 g/mol. The summed E-state index contributed by atoms with van der Waals surface area (Å²) in [5, 5.41) is 2.49. The predicted molar refractivity (Wildman–Crippen MR) is 288 cm³/mol. The molecule has 0 radical (unpaired) electrons. The van der Waals surface area contributed by atoms with Gasteiger partial charge in [0.05, 0.1) is 22.1 Å². The molecule has 2 nitrogen and oxygen atoms in total. The van der Waals surface area contributed by atoms with E-state index in [2.05, 4.69) is 276 Å². The van der Waals surface area contributed by atoms with Gasteiger partial charge in [-0.05, 0) is 121 Å². The summed E-state index contributed by atoms with van der Waals surface area (Å²) in [7, 11) is 0. The Hall–Kier alpha value is -8.98. The van der Waals surface area contributed by atoms with Crippen LogP contribution in [-0.4, -0.2) is 4.57 Å². The average Bonchev–Trinajstić information content (AvgIpc) is 4.03. The van der Waals surface area contributed by atoms with Crippen LogP contribution in [0.5, 0.6) is 0 Å². The molecule has 0 fully saturated rings. The molecule has 1 heterocycles. The zero-order valence-corrected chi connectivity index (χ0v) is 37.8. The van der Waals surface area contributed by atoms with Gasteiger partial charge < -0.3 is 9.47 Å². The first-order chi connectivity index (χ1) is 34.3. The lowest BCUT2D eigenvalue weighted by atomic mass is 9.70. The highest BCUT2D eigenvalue weighted by molar-refractivity contribution is 6.09. The molecule has 1 spiro atoms. The van der Waals surface area contributed by atoms with Crippen LogP contribution in [0.3, 0.4) is 0 Å². The molecule has 12 aromatic rings. The molecule has 0 saturated carbocycles. The highest BCUT2D eigenvalue weighted by Gasteiger charge is 2.51. The number of fused-ring (bicyclic) bond motifs is 13. The van der Waals surface area contributed by atoms with Crippen molar-refractivity contribution < 1.29 is 0 Å². The molecule has 0 N–H and O–H groups in total. The number of aromatic nitrogens is 1. The standard InChI is InChI=1S/C67H44N2/c1-3-21-45(22-4-1)50-27-7-8-33-57(50)66-51(46-23-5-2-6-24-46)34-20-40-65(66)68(47-25-19-26-48(43-47)69-63-38-17-12-31-55(63)56-32-13-18-39-64(56)69)49-41-42-62-58(44-49)54-30-11-16-37-61(54)67(62)59-35-14-9-28-52(59)53-29-10-15-36-60(53)67/h1-44H. The monoisotopic (exact) mass is 876 g/mol. The van der Waals surface area contributed by atoms with E-state index in [0.29, 0.717) is 0 Å². The van der Waals surface area contributed by atoms with Crippen LogP contribution in [0.25, 0.3) is 83.1 Å². The lowest BCUT2D eigenvalue weighted by Crippen LogP contribution is -2.25. The van der Waals surface area contributed by atoms with Crippen LogP contribution in [0.1, 0.15) is 22.3 Å². The maximum atomic E-state index is 2.52. The van der Waals surface area contributed by atoms with Gasteiger partial charge in [0.2, 0.25) is 0 Å². The van der Waals surface area contributed by atoms with E-state index in [0.717, 1.165) is 22.7 Å². The topological polar surface area (TPSA) is 8.17 Å². The number of hydrogen-bond acceptors (Lipinski definition) is 1. The number of nitrogens with zero attached hydrogens (tertiary/aromatic N) is 2. The van der Waals surface area contributed by atoms with E-state index in [-0.39, 0.29) is 0 Å². The van der Waals surface area contributed by atoms with E-state index in [1.54, 1.807) is 0 Å². The first kappa shape index (κ1) is 39.2. The van der Waals surface area contributed by atoms with Gasteiger partial charge in [-0.25, -0.2) is 0 Å². The molecule has 11 aromatic carbocycles. The van der Waals surface area contributed by atoms with E-state index in [4.69, 9.17) is 0 Å². The van der Waals surface area contributed by atoms with Gasteiger partial charge in [-0.2, -0.15) is 0 Å². The van der Waals surface area contributed by atoms with Crippen LogP contribution in [-0.2, 0) is 5.41 Å². The minimum Gasteiger partial charge on any atom is -0.310 e. The summed E-state index contributed by atoms with van der Waals surface area (Å²) < 4.78 is 2.43. The summed E-state index contributed by atoms with van der Waals surface area (Å²) in [4.78, 5) is 2.52. The van der Waals surface area contributed by atoms with Crippen molar-refractivity contribution in [1.29, 1.82) is 0 Å². The molecule has 0 amide bonds. The van der Waals surface area contributed by atoms with Gasteiger partial charge in [-0.1, -0.05) is 218 Å². The molecule has 0 atom stereocenters. The van der Waals surface area contributed by atoms with Crippen molar-refractivity contribution in [3.63, 3.8) is 0 Å². The van der Waals surface area contributed by atoms with Crippen molar-refractivity contribution in [1.82, 2.24) is 4.57 Å². The molecule has 0 bridgehead atoms. The van der Waals surface area contributed by atoms with Crippen molar-refractivity contribution in [3.8, 4) is 61.3 Å². The second kappa shape index (κ2) is 15.6. The maximum absolute atomic E-state index is 2.52. The van der Waals surface area contributed by atoms with Gasteiger partial charge >= 0.3 is 0 Å². The number of rotatable bonds is 7. The van der Waals surface area contributed by atoms with Crippen LogP contribution >= 0.6 is 0 Å². The molecule has 0 aliphatic heterocycles. The fourth-order valence-corrected chi connectivity index (χ4v) is 12.1. The summed E-state index contributed by atoms with van der Waals surface area (Å²) in [6, 6.07) is 98.7. The summed E-state index contributed by atoms with van der Waals surface area (Å²) in [6.45, 7) is 0. The lowest BCUT2D eigenvalue weighted by molar-refractivity contribution is 0.794. The van der Waals surface area contributed by atoms with Crippen LogP contribution in [0, 0.1) is 0 Å². The third-order valence-corrected chi connectivity index (χ3v) is 14.8. The molecule has 2 aliphatic rings. The zero-order valence-electron chi connectivity index (χ0n) is 37.8.